The van der Waals surface area contributed by atoms with Crippen LogP contribution in [0, 0.1) is 0 Å². The predicted octanol–water partition coefficient (Wildman–Crippen LogP) is 0.217. The molecule has 0 aromatic carbocycles. The zero-order valence-electron chi connectivity index (χ0n) is 12.9. The second-order valence-electron chi connectivity index (χ2n) is 5.21. The largest absolute Gasteiger partial charge is 0.308 e. The van der Waals surface area contributed by atoms with Gasteiger partial charge in [-0.3, -0.25) is 0 Å². The van der Waals surface area contributed by atoms with E-state index in [1.165, 1.54) is 0 Å². The average molecular weight is 291 g/mol. The van der Waals surface area contributed by atoms with Crippen molar-refractivity contribution in [2.75, 3.05) is 82.6 Å². The number of hydrogen-bond acceptors (Lipinski definition) is 4. The Morgan fingerprint density at radius 2 is 0.529 bits per heavy atom. The van der Waals surface area contributed by atoms with E-state index >= 15 is 0 Å². The molecule has 0 amide bonds. The van der Waals surface area contributed by atoms with Gasteiger partial charge in [0.15, 0.2) is 0 Å². The maximum Gasteiger partial charge on any atom is 0.0103 e. The number of rotatable bonds is 6. The van der Waals surface area contributed by atoms with Gasteiger partial charge in [0.2, 0.25) is 0 Å². The molecule has 0 heterocycles. The smallest absolute Gasteiger partial charge is 0.0103 e. The first kappa shape index (κ1) is 22.5. The maximum absolute atomic E-state index is 2.18. The van der Waals surface area contributed by atoms with Gasteiger partial charge in [-0.2, -0.15) is 0 Å². The van der Waals surface area contributed by atoms with Gasteiger partial charge in [-0.1, -0.05) is 0 Å². The average Bonchev–Trinajstić information content (AvgIpc) is 2.12. The molecular formula is C12H32N4Ni. The summed E-state index contributed by atoms with van der Waals surface area (Å²) < 4.78 is 0. The molecule has 0 fully saturated rings. The molecule has 0 radical (unpaired) electrons. The Hall–Kier alpha value is 0.334. The Kier molecular flexibility index (Phi) is 19.1. The zero-order chi connectivity index (χ0) is 13.1. The molecule has 0 bridgehead atoms. The van der Waals surface area contributed by atoms with Crippen molar-refractivity contribution in [1.82, 2.24) is 19.6 Å². The van der Waals surface area contributed by atoms with E-state index in [1.807, 2.05) is 0 Å². The molecule has 0 rings (SSSR count). The molecule has 0 saturated heterocycles. The standard InChI is InChI=1S/2C6H16N2.Ni/c2*1-7(2)5-6-8(3)4;/h2*5-6H2,1-4H3;. The molecule has 0 spiro atoms. The fraction of sp³-hybridized carbons (Fsp3) is 1.00. The summed E-state index contributed by atoms with van der Waals surface area (Å²) in [4.78, 5) is 8.72. The summed E-state index contributed by atoms with van der Waals surface area (Å²) in [5.74, 6) is 0. The predicted molar refractivity (Wildman–Crippen MR) is 74.2 cm³/mol. The molecule has 0 aromatic heterocycles. The van der Waals surface area contributed by atoms with E-state index in [4.69, 9.17) is 0 Å². The topological polar surface area (TPSA) is 13.0 Å². The van der Waals surface area contributed by atoms with E-state index in [2.05, 4.69) is 76.0 Å². The van der Waals surface area contributed by atoms with Gasteiger partial charge in [0, 0.05) is 42.7 Å². The van der Waals surface area contributed by atoms with Crippen LogP contribution in [-0.4, -0.2) is 102 Å². The SMILES string of the molecule is CN(C)CCN(C)C.CN(C)CCN(C)C.[Ni]. The molecule has 0 atom stereocenters. The van der Waals surface area contributed by atoms with Gasteiger partial charge >= 0.3 is 0 Å². The Balaban J connectivity index is -0.000000218. The maximum atomic E-state index is 2.18. The van der Waals surface area contributed by atoms with Crippen LogP contribution < -0.4 is 0 Å². The van der Waals surface area contributed by atoms with E-state index < -0.39 is 0 Å². The van der Waals surface area contributed by atoms with Crippen molar-refractivity contribution < 1.29 is 16.5 Å². The third kappa shape index (κ3) is 31.4. The molecule has 0 N–H and O–H groups in total. The molecule has 110 valence electrons. The zero-order valence-corrected chi connectivity index (χ0v) is 13.9. The van der Waals surface area contributed by atoms with Crippen LogP contribution in [-0.2, 0) is 16.5 Å². The van der Waals surface area contributed by atoms with Crippen molar-refractivity contribution in [3.05, 3.63) is 0 Å². The molecule has 0 aliphatic carbocycles. The van der Waals surface area contributed by atoms with Crippen molar-refractivity contribution in [3.63, 3.8) is 0 Å². The van der Waals surface area contributed by atoms with E-state index in [-0.39, 0.29) is 16.5 Å². The third-order valence-electron chi connectivity index (χ3n) is 1.99. The minimum Gasteiger partial charge on any atom is -0.308 e. The summed E-state index contributed by atoms with van der Waals surface area (Å²) in [7, 11) is 16.7. The van der Waals surface area contributed by atoms with Crippen LogP contribution in [0.5, 0.6) is 0 Å². The minimum absolute atomic E-state index is 0. The molecular weight excluding hydrogens is 259 g/mol. The van der Waals surface area contributed by atoms with Gasteiger partial charge in [0.25, 0.3) is 0 Å². The molecule has 0 aliphatic heterocycles. The molecule has 5 heteroatoms. The van der Waals surface area contributed by atoms with Crippen LogP contribution >= 0.6 is 0 Å². The Morgan fingerprint density at radius 3 is 0.588 bits per heavy atom. The summed E-state index contributed by atoms with van der Waals surface area (Å²) in [5.41, 5.74) is 0. The van der Waals surface area contributed by atoms with Crippen LogP contribution in [0.2, 0.25) is 0 Å². The summed E-state index contributed by atoms with van der Waals surface area (Å²) in [6.07, 6.45) is 0. The van der Waals surface area contributed by atoms with E-state index in [0.29, 0.717) is 0 Å². The second kappa shape index (κ2) is 14.4. The molecule has 17 heavy (non-hydrogen) atoms. The van der Waals surface area contributed by atoms with E-state index in [1.54, 1.807) is 0 Å². The molecule has 0 unspecified atom stereocenters. The second-order valence-corrected chi connectivity index (χ2v) is 5.21. The molecule has 4 nitrogen and oxygen atoms in total. The molecule has 0 aliphatic rings. The van der Waals surface area contributed by atoms with Crippen LogP contribution in [0.3, 0.4) is 0 Å². The number of nitrogens with zero attached hydrogens (tertiary/aromatic N) is 4. The van der Waals surface area contributed by atoms with Gasteiger partial charge in [0.05, 0.1) is 0 Å². The Morgan fingerprint density at radius 1 is 0.412 bits per heavy atom. The van der Waals surface area contributed by atoms with Crippen LogP contribution in [0.15, 0.2) is 0 Å². The van der Waals surface area contributed by atoms with Gasteiger partial charge in [-0.15, -0.1) is 0 Å². The minimum atomic E-state index is 0. The first-order valence-electron chi connectivity index (χ1n) is 5.84. The molecule has 0 saturated carbocycles. The normalized spacial score (nSPS) is 10.6. The molecule has 0 aromatic rings. The first-order valence-corrected chi connectivity index (χ1v) is 5.84. The van der Waals surface area contributed by atoms with Crippen LogP contribution in [0.1, 0.15) is 0 Å². The fourth-order valence-electron chi connectivity index (χ4n) is 0.800. The summed E-state index contributed by atoms with van der Waals surface area (Å²) in [6, 6.07) is 0. The summed E-state index contributed by atoms with van der Waals surface area (Å²) in [6.45, 7) is 4.58. The number of hydrogen-bond donors (Lipinski definition) is 0. The van der Waals surface area contributed by atoms with E-state index in [0.717, 1.165) is 26.2 Å². The van der Waals surface area contributed by atoms with E-state index in [9.17, 15) is 0 Å². The summed E-state index contributed by atoms with van der Waals surface area (Å²) in [5, 5.41) is 0. The monoisotopic (exact) mass is 290 g/mol. The van der Waals surface area contributed by atoms with Gasteiger partial charge < -0.3 is 19.6 Å². The Bertz CT molecular complexity index is 106. The third-order valence-corrected chi connectivity index (χ3v) is 1.99. The van der Waals surface area contributed by atoms with Crippen molar-refractivity contribution in [2.24, 2.45) is 0 Å². The van der Waals surface area contributed by atoms with Crippen LogP contribution in [0.4, 0.5) is 0 Å². The van der Waals surface area contributed by atoms with Gasteiger partial charge in [0.1, 0.15) is 0 Å². The van der Waals surface area contributed by atoms with Gasteiger partial charge in [-0.05, 0) is 56.4 Å². The van der Waals surface area contributed by atoms with Crippen molar-refractivity contribution in [2.45, 2.75) is 0 Å². The quantitative estimate of drug-likeness (QED) is 0.649. The van der Waals surface area contributed by atoms with Crippen molar-refractivity contribution in [1.29, 1.82) is 0 Å². The summed E-state index contributed by atoms with van der Waals surface area (Å²) >= 11 is 0. The van der Waals surface area contributed by atoms with Crippen molar-refractivity contribution in [3.8, 4) is 0 Å². The van der Waals surface area contributed by atoms with Crippen molar-refractivity contribution >= 4 is 0 Å². The van der Waals surface area contributed by atoms with Crippen LogP contribution in [0.25, 0.3) is 0 Å². The first-order chi connectivity index (χ1) is 7.25. The number of likely N-dealkylation sites (N-methyl/N-ethyl adjacent to an activating group) is 4. The fourth-order valence-corrected chi connectivity index (χ4v) is 0.800. The Labute approximate surface area is 119 Å². The van der Waals surface area contributed by atoms with Gasteiger partial charge in [-0.25, -0.2) is 0 Å².